The number of carbonyl (C=O) groups is 2. The maximum Gasteiger partial charge on any atom is 0.417 e. The minimum absolute atomic E-state index is 0.0263. The molecule has 0 saturated heterocycles. The van der Waals surface area contributed by atoms with Gasteiger partial charge in [-0.15, -0.1) is 0 Å². The van der Waals surface area contributed by atoms with Crippen LogP contribution in [0.25, 0.3) is 11.1 Å². The van der Waals surface area contributed by atoms with Crippen molar-refractivity contribution in [3.8, 4) is 16.9 Å². The van der Waals surface area contributed by atoms with Gasteiger partial charge in [0, 0.05) is 12.0 Å². The number of fused-ring (bicyclic) bond motifs is 3. The lowest BCUT2D eigenvalue weighted by atomic mass is 10.0. The highest BCUT2D eigenvalue weighted by Crippen LogP contribution is 2.49. The fourth-order valence-corrected chi connectivity index (χ4v) is 4.82. The number of rotatable bonds is 4. The molecular formula is C20H14F3NO8S. The Hall–Kier alpha value is -3.58. The van der Waals surface area contributed by atoms with Gasteiger partial charge >= 0.3 is 18.2 Å². The molecule has 4 rings (SSSR count). The second kappa shape index (κ2) is 7.49. The van der Waals surface area contributed by atoms with Gasteiger partial charge in [-0.3, -0.25) is 9.45 Å². The first kappa shape index (κ1) is 22.6. The smallest absolute Gasteiger partial charge is 0.417 e. The monoisotopic (exact) mass is 485 g/mol. The normalized spacial score (nSPS) is 17.4. The summed E-state index contributed by atoms with van der Waals surface area (Å²) in [7, 11) is -5.48. The van der Waals surface area contributed by atoms with Crippen LogP contribution in [-0.2, 0) is 27.5 Å². The number of carboxylic acids is 1. The molecule has 0 radical (unpaired) electrons. The summed E-state index contributed by atoms with van der Waals surface area (Å²) in [6.07, 6.45) is -6.01. The molecule has 1 heterocycles. The van der Waals surface area contributed by atoms with Crippen molar-refractivity contribution in [1.82, 2.24) is 4.90 Å². The molecule has 33 heavy (non-hydrogen) atoms. The van der Waals surface area contributed by atoms with Crippen molar-refractivity contribution < 1.29 is 50.7 Å². The van der Waals surface area contributed by atoms with Gasteiger partial charge in [0.1, 0.15) is 10.7 Å². The zero-order valence-corrected chi connectivity index (χ0v) is 17.1. The maximum absolute atomic E-state index is 13.8. The third-order valence-electron chi connectivity index (χ3n) is 5.31. The molecule has 1 aliphatic heterocycles. The standard InChI is InChI=1S/C20H14F3NO8S/c21-20(22,23)14-7-12-11-4-2-1-3-9(11)5-13(12)16(17(14)33(29,30)31)32-10-6-15(18(25)26)24(8-10)19(27)28/h1-4,6-7,15H,5,8H2,(H,25,26)(H,27,28)(H,29,30,31)/t15-/m0/s1. The highest BCUT2D eigenvalue weighted by atomic mass is 32.2. The van der Waals surface area contributed by atoms with Crippen LogP contribution >= 0.6 is 0 Å². The predicted molar refractivity (Wildman–Crippen MR) is 104 cm³/mol. The van der Waals surface area contributed by atoms with Crippen molar-refractivity contribution >= 4 is 22.2 Å². The highest BCUT2D eigenvalue weighted by molar-refractivity contribution is 7.86. The Labute approximate surface area is 184 Å². The van der Waals surface area contributed by atoms with E-state index in [1.807, 2.05) is 0 Å². The predicted octanol–water partition coefficient (Wildman–Crippen LogP) is 3.23. The van der Waals surface area contributed by atoms with Crippen LogP contribution < -0.4 is 4.74 Å². The number of hydrogen-bond donors (Lipinski definition) is 3. The van der Waals surface area contributed by atoms with Crippen molar-refractivity contribution in [2.75, 3.05) is 6.54 Å². The van der Waals surface area contributed by atoms with E-state index in [0.29, 0.717) is 22.1 Å². The summed E-state index contributed by atoms with van der Waals surface area (Å²) in [6, 6.07) is 5.31. The summed E-state index contributed by atoms with van der Waals surface area (Å²) in [5.74, 6) is -2.79. The fourth-order valence-electron chi connectivity index (χ4n) is 3.97. The van der Waals surface area contributed by atoms with E-state index in [1.165, 1.54) is 0 Å². The van der Waals surface area contributed by atoms with Crippen LogP contribution in [0.5, 0.6) is 5.75 Å². The minimum atomic E-state index is -5.48. The van der Waals surface area contributed by atoms with Crippen LogP contribution in [0, 0.1) is 0 Å². The number of nitrogens with zero attached hydrogens (tertiary/aromatic N) is 1. The Morgan fingerprint density at radius 1 is 1.12 bits per heavy atom. The number of amides is 1. The van der Waals surface area contributed by atoms with Gasteiger partial charge in [0.15, 0.2) is 11.8 Å². The van der Waals surface area contributed by atoms with E-state index in [0.717, 1.165) is 6.08 Å². The van der Waals surface area contributed by atoms with Gasteiger partial charge in [-0.2, -0.15) is 21.6 Å². The second-order valence-electron chi connectivity index (χ2n) is 7.34. The molecule has 0 saturated carbocycles. The Balaban J connectivity index is 1.95. The molecule has 174 valence electrons. The molecule has 0 aromatic heterocycles. The van der Waals surface area contributed by atoms with Crippen LogP contribution in [0.3, 0.4) is 0 Å². The molecule has 1 atom stereocenters. The molecule has 2 aliphatic rings. The highest BCUT2D eigenvalue weighted by Gasteiger charge is 2.43. The van der Waals surface area contributed by atoms with Crippen molar-refractivity contribution in [1.29, 1.82) is 0 Å². The van der Waals surface area contributed by atoms with Gasteiger partial charge in [-0.05, 0) is 28.8 Å². The zero-order chi connectivity index (χ0) is 24.3. The maximum atomic E-state index is 13.8. The molecule has 0 fully saturated rings. The lowest BCUT2D eigenvalue weighted by Gasteiger charge is -2.20. The van der Waals surface area contributed by atoms with Crippen molar-refractivity contribution in [3.63, 3.8) is 0 Å². The summed E-state index contributed by atoms with van der Waals surface area (Å²) in [6.45, 7) is -0.658. The van der Waals surface area contributed by atoms with Crippen LogP contribution in [0.2, 0.25) is 0 Å². The summed E-state index contributed by atoms with van der Waals surface area (Å²) < 4.78 is 80.8. The molecule has 3 N–H and O–H groups in total. The summed E-state index contributed by atoms with van der Waals surface area (Å²) in [5.41, 5.74) is -0.629. The SMILES string of the molecule is O=C(O)[C@@H]1C=C(Oc2c3c(cc(C(F)(F)F)c2S(=O)(=O)O)-c2ccccc2C3)CN1C(=O)O. The Morgan fingerprint density at radius 2 is 1.79 bits per heavy atom. The van der Waals surface area contributed by atoms with E-state index in [1.54, 1.807) is 24.3 Å². The third kappa shape index (κ3) is 3.89. The van der Waals surface area contributed by atoms with E-state index in [9.17, 15) is 45.9 Å². The topological polar surface area (TPSA) is 141 Å². The first-order chi connectivity index (χ1) is 15.3. The molecule has 0 bridgehead atoms. The van der Waals surface area contributed by atoms with Gasteiger partial charge in [0.05, 0.1) is 12.1 Å². The second-order valence-corrected chi connectivity index (χ2v) is 8.70. The molecule has 2 aromatic carbocycles. The summed E-state index contributed by atoms with van der Waals surface area (Å²) >= 11 is 0. The largest absolute Gasteiger partial charge is 0.479 e. The van der Waals surface area contributed by atoms with Gasteiger partial charge in [-0.1, -0.05) is 24.3 Å². The zero-order valence-electron chi connectivity index (χ0n) is 16.3. The average Bonchev–Trinajstić information content (AvgIpc) is 3.28. The molecule has 2 aromatic rings. The van der Waals surface area contributed by atoms with E-state index in [2.05, 4.69) is 0 Å². The van der Waals surface area contributed by atoms with Crippen LogP contribution in [0.4, 0.5) is 18.0 Å². The lowest BCUT2D eigenvalue weighted by molar-refractivity contribution is -0.141. The lowest BCUT2D eigenvalue weighted by Crippen LogP contribution is -2.40. The van der Waals surface area contributed by atoms with Gasteiger partial charge < -0.3 is 14.9 Å². The number of ether oxygens (including phenoxy) is 1. The number of aliphatic carboxylic acids is 1. The Kier molecular flexibility index (Phi) is 5.13. The third-order valence-corrected chi connectivity index (χ3v) is 6.24. The molecule has 1 amide bonds. The number of alkyl halides is 3. The quantitative estimate of drug-likeness (QED) is 0.479. The number of benzene rings is 2. The molecular weight excluding hydrogens is 471 g/mol. The van der Waals surface area contributed by atoms with Crippen LogP contribution in [-0.4, -0.2) is 52.7 Å². The van der Waals surface area contributed by atoms with Crippen LogP contribution in [0.1, 0.15) is 16.7 Å². The molecule has 9 nitrogen and oxygen atoms in total. The van der Waals surface area contributed by atoms with Gasteiger partial charge in [0.25, 0.3) is 10.1 Å². The fraction of sp³-hybridized carbons (Fsp3) is 0.200. The van der Waals surface area contributed by atoms with E-state index < -0.39 is 62.9 Å². The van der Waals surface area contributed by atoms with E-state index in [-0.39, 0.29) is 17.5 Å². The van der Waals surface area contributed by atoms with E-state index in [4.69, 9.17) is 4.74 Å². The Bertz CT molecular complexity index is 1330. The number of carboxylic acid groups (broad SMARTS) is 2. The van der Waals surface area contributed by atoms with Crippen molar-refractivity contribution in [2.45, 2.75) is 23.5 Å². The average molecular weight is 485 g/mol. The summed E-state index contributed by atoms with van der Waals surface area (Å²) in [4.78, 5) is 21.7. The molecule has 1 aliphatic carbocycles. The van der Waals surface area contributed by atoms with Gasteiger partial charge in [0.2, 0.25) is 0 Å². The van der Waals surface area contributed by atoms with Crippen molar-refractivity contribution in [2.24, 2.45) is 0 Å². The number of hydrogen-bond acceptors (Lipinski definition) is 5. The number of halogens is 3. The van der Waals surface area contributed by atoms with Gasteiger partial charge in [-0.25, -0.2) is 9.59 Å². The molecule has 13 heteroatoms. The first-order valence-corrected chi connectivity index (χ1v) is 10.7. The minimum Gasteiger partial charge on any atom is -0.479 e. The van der Waals surface area contributed by atoms with Crippen molar-refractivity contribution in [3.05, 3.63) is 58.9 Å². The van der Waals surface area contributed by atoms with Crippen LogP contribution in [0.15, 0.2) is 47.1 Å². The summed E-state index contributed by atoms with van der Waals surface area (Å²) in [5, 5.41) is 18.4. The molecule has 0 unspecified atom stereocenters. The Morgan fingerprint density at radius 3 is 2.33 bits per heavy atom. The first-order valence-electron chi connectivity index (χ1n) is 9.22. The molecule has 0 spiro atoms. The van der Waals surface area contributed by atoms with E-state index >= 15 is 0 Å².